The third-order valence-electron chi connectivity index (χ3n) is 5.81. The molecule has 1 saturated heterocycles. The van der Waals surface area contributed by atoms with Gasteiger partial charge in [-0.25, -0.2) is 4.79 Å². The summed E-state index contributed by atoms with van der Waals surface area (Å²) in [5, 5.41) is 3.10. The van der Waals surface area contributed by atoms with E-state index < -0.39 is 5.97 Å². The predicted molar refractivity (Wildman–Crippen MR) is 107 cm³/mol. The van der Waals surface area contributed by atoms with E-state index in [0.29, 0.717) is 42.3 Å². The molecule has 2 N–H and O–H groups in total. The summed E-state index contributed by atoms with van der Waals surface area (Å²) in [4.78, 5) is 27.9. The van der Waals surface area contributed by atoms with Gasteiger partial charge in [-0.1, -0.05) is 24.3 Å². The number of aromatic nitrogens is 1. The zero-order chi connectivity index (χ0) is 20.3. The third kappa shape index (κ3) is 3.69. The Kier molecular flexibility index (Phi) is 5.89. The molecule has 0 saturated carbocycles. The van der Waals surface area contributed by atoms with Crippen molar-refractivity contribution < 1.29 is 19.1 Å². The van der Waals surface area contributed by atoms with Gasteiger partial charge in [0.05, 0.1) is 12.7 Å². The van der Waals surface area contributed by atoms with Gasteiger partial charge < -0.3 is 19.8 Å². The minimum Gasteiger partial charge on any atom is -0.465 e. The van der Waals surface area contributed by atoms with Gasteiger partial charge in [0.1, 0.15) is 5.69 Å². The van der Waals surface area contributed by atoms with Crippen molar-refractivity contribution >= 4 is 11.9 Å². The number of rotatable bonds is 5. The van der Waals surface area contributed by atoms with Crippen LogP contribution in [0.3, 0.4) is 0 Å². The van der Waals surface area contributed by atoms with Crippen LogP contribution < -0.4 is 5.32 Å². The summed E-state index contributed by atoms with van der Waals surface area (Å²) >= 11 is 0. The summed E-state index contributed by atoms with van der Waals surface area (Å²) in [6.07, 6.45) is 1.71. The summed E-state index contributed by atoms with van der Waals surface area (Å²) in [6, 6.07) is 8.33. The fraction of sp³-hybridized carbons (Fsp3) is 0.455. The number of ether oxygens (including phenoxy) is 2. The molecule has 6 nitrogen and oxygen atoms in total. The monoisotopic (exact) mass is 384 g/mol. The molecule has 1 aliphatic rings. The molecule has 2 heterocycles. The van der Waals surface area contributed by atoms with Crippen molar-refractivity contribution in [3.8, 4) is 0 Å². The van der Waals surface area contributed by atoms with Gasteiger partial charge >= 0.3 is 5.97 Å². The van der Waals surface area contributed by atoms with Gasteiger partial charge in [-0.15, -0.1) is 0 Å². The third-order valence-corrected chi connectivity index (χ3v) is 5.81. The molecule has 1 aromatic heterocycles. The molecule has 0 bridgehead atoms. The van der Waals surface area contributed by atoms with Crippen LogP contribution in [-0.4, -0.2) is 43.7 Å². The highest BCUT2D eigenvalue weighted by Gasteiger charge is 2.36. The van der Waals surface area contributed by atoms with Crippen molar-refractivity contribution in [3.63, 3.8) is 0 Å². The number of carbonyl (C=O) groups is 2. The number of hydrogen-bond acceptors (Lipinski definition) is 4. The number of esters is 1. The SMILES string of the molecule is COC(=O)c1c(C)[nH]c(C(=O)NCC2(c3ccccc3C)CCOCC2)c1C. The molecule has 2 aromatic rings. The van der Waals surface area contributed by atoms with Crippen LogP contribution in [-0.2, 0) is 14.9 Å². The van der Waals surface area contributed by atoms with Gasteiger partial charge in [0.15, 0.2) is 0 Å². The van der Waals surface area contributed by atoms with Crippen molar-refractivity contribution in [1.82, 2.24) is 10.3 Å². The first-order chi connectivity index (χ1) is 13.4. The van der Waals surface area contributed by atoms with Gasteiger partial charge in [0.2, 0.25) is 0 Å². The molecule has 1 aliphatic heterocycles. The lowest BCUT2D eigenvalue weighted by Crippen LogP contribution is -2.45. The number of aromatic amines is 1. The van der Waals surface area contributed by atoms with E-state index in [-0.39, 0.29) is 11.3 Å². The molecule has 150 valence electrons. The van der Waals surface area contributed by atoms with Crippen molar-refractivity contribution in [2.75, 3.05) is 26.9 Å². The van der Waals surface area contributed by atoms with E-state index in [1.807, 2.05) is 12.1 Å². The largest absolute Gasteiger partial charge is 0.465 e. The van der Waals surface area contributed by atoms with Gasteiger partial charge in [-0.3, -0.25) is 4.79 Å². The van der Waals surface area contributed by atoms with Crippen LogP contribution in [0.4, 0.5) is 0 Å². The van der Waals surface area contributed by atoms with E-state index in [2.05, 4.69) is 29.4 Å². The maximum atomic E-state index is 12.9. The molecular weight excluding hydrogens is 356 g/mol. The number of carbonyl (C=O) groups excluding carboxylic acids is 2. The maximum absolute atomic E-state index is 12.9. The molecule has 28 heavy (non-hydrogen) atoms. The fourth-order valence-corrected chi connectivity index (χ4v) is 4.19. The number of amides is 1. The Hall–Kier alpha value is -2.60. The van der Waals surface area contributed by atoms with Crippen molar-refractivity contribution in [2.45, 2.75) is 39.0 Å². The minimum atomic E-state index is -0.439. The fourth-order valence-electron chi connectivity index (χ4n) is 4.19. The number of hydrogen-bond donors (Lipinski definition) is 2. The lowest BCUT2D eigenvalue weighted by Gasteiger charge is -2.39. The van der Waals surface area contributed by atoms with E-state index in [9.17, 15) is 9.59 Å². The standard InChI is InChI=1S/C22H28N2O4/c1-14-7-5-6-8-17(14)22(9-11-28-12-10-22)13-23-20(25)19-15(2)18(16(3)24-19)21(26)27-4/h5-8,24H,9-13H2,1-4H3,(H,23,25). The Bertz CT molecular complexity index is 879. The smallest absolute Gasteiger partial charge is 0.339 e. The van der Waals surface area contributed by atoms with Crippen molar-refractivity contribution in [1.29, 1.82) is 0 Å². The molecule has 1 fully saturated rings. The Balaban J connectivity index is 1.84. The molecule has 1 amide bonds. The molecule has 0 spiro atoms. The highest BCUT2D eigenvalue weighted by atomic mass is 16.5. The zero-order valence-electron chi connectivity index (χ0n) is 17.0. The minimum absolute atomic E-state index is 0.153. The molecule has 0 aliphatic carbocycles. The highest BCUT2D eigenvalue weighted by molar-refractivity contribution is 6.00. The lowest BCUT2D eigenvalue weighted by atomic mass is 9.72. The van der Waals surface area contributed by atoms with Crippen LogP contribution >= 0.6 is 0 Å². The Morgan fingerprint density at radius 2 is 1.86 bits per heavy atom. The van der Waals surface area contributed by atoms with Gasteiger partial charge in [-0.2, -0.15) is 0 Å². The van der Waals surface area contributed by atoms with E-state index in [1.165, 1.54) is 18.2 Å². The highest BCUT2D eigenvalue weighted by Crippen LogP contribution is 2.36. The van der Waals surface area contributed by atoms with Crippen molar-refractivity contribution in [3.05, 3.63) is 57.9 Å². The second-order valence-corrected chi connectivity index (χ2v) is 7.51. The van der Waals surface area contributed by atoms with Gasteiger partial charge in [0, 0.05) is 30.9 Å². The van der Waals surface area contributed by atoms with E-state index >= 15 is 0 Å². The van der Waals surface area contributed by atoms with Gasteiger partial charge in [0.25, 0.3) is 5.91 Å². The van der Waals surface area contributed by atoms with Crippen LogP contribution in [0.25, 0.3) is 0 Å². The Morgan fingerprint density at radius 1 is 1.18 bits per heavy atom. The number of aryl methyl sites for hydroxylation is 2. The first kappa shape index (κ1) is 20.1. The summed E-state index contributed by atoms with van der Waals surface area (Å²) < 4.78 is 10.4. The molecule has 3 rings (SSSR count). The first-order valence-electron chi connectivity index (χ1n) is 9.59. The van der Waals surface area contributed by atoms with Crippen LogP contribution in [0, 0.1) is 20.8 Å². The second kappa shape index (κ2) is 8.19. The predicted octanol–water partition coefficient (Wildman–Crippen LogP) is 3.20. The van der Waals surface area contributed by atoms with E-state index in [1.54, 1.807) is 13.8 Å². The number of benzene rings is 1. The molecule has 0 radical (unpaired) electrons. The molecule has 0 unspecified atom stereocenters. The van der Waals surface area contributed by atoms with Crippen LogP contribution in [0.5, 0.6) is 0 Å². The Labute approximate surface area is 165 Å². The first-order valence-corrected chi connectivity index (χ1v) is 9.59. The average molecular weight is 384 g/mol. The second-order valence-electron chi connectivity index (χ2n) is 7.51. The van der Waals surface area contributed by atoms with Crippen LogP contribution in [0.15, 0.2) is 24.3 Å². The zero-order valence-corrected chi connectivity index (χ0v) is 17.0. The number of nitrogens with one attached hydrogen (secondary N) is 2. The molecule has 1 aromatic carbocycles. The van der Waals surface area contributed by atoms with E-state index in [0.717, 1.165) is 12.8 Å². The van der Waals surface area contributed by atoms with E-state index in [4.69, 9.17) is 9.47 Å². The normalized spacial score (nSPS) is 15.9. The van der Waals surface area contributed by atoms with Gasteiger partial charge in [-0.05, 0) is 50.3 Å². The summed E-state index contributed by atoms with van der Waals surface area (Å²) in [5.74, 6) is -0.652. The summed E-state index contributed by atoms with van der Waals surface area (Å²) in [5.41, 5.74) is 4.40. The number of methoxy groups -OCH3 is 1. The lowest BCUT2D eigenvalue weighted by molar-refractivity contribution is 0.0484. The Morgan fingerprint density at radius 3 is 2.50 bits per heavy atom. The molecular formula is C22H28N2O4. The van der Waals surface area contributed by atoms with Crippen molar-refractivity contribution in [2.24, 2.45) is 0 Å². The van der Waals surface area contributed by atoms with Crippen LogP contribution in [0.1, 0.15) is 56.1 Å². The topological polar surface area (TPSA) is 80.4 Å². The molecule has 0 atom stereocenters. The maximum Gasteiger partial charge on any atom is 0.339 e. The number of H-pyrrole nitrogens is 1. The summed E-state index contributed by atoms with van der Waals surface area (Å²) in [7, 11) is 1.34. The molecule has 6 heteroatoms. The average Bonchev–Trinajstić information content (AvgIpc) is 3.01. The quantitative estimate of drug-likeness (QED) is 0.776. The van der Waals surface area contributed by atoms with Crippen LogP contribution in [0.2, 0.25) is 0 Å². The summed E-state index contributed by atoms with van der Waals surface area (Å²) in [6.45, 7) is 7.51.